The summed E-state index contributed by atoms with van der Waals surface area (Å²) in [7, 11) is 0. The highest BCUT2D eigenvalue weighted by atomic mass is 15.1. The third-order valence-corrected chi connectivity index (χ3v) is 4.68. The normalized spacial score (nSPS) is 22.8. The zero-order valence-electron chi connectivity index (χ0n) is 13.4. The number of benzene rings is 1. The molecule has 2 nitrogen and oxygen atoms in total. The summed E-state index contributed by atoms with van der Waals surface area (Å²) in [6.45, 7) is 10.0. The van der Waals surface area contributed by atoms with Crippen molar-refractivity contribution in [3.05, 3.63) is 29.8 Å². The van der Waals surface area contributed by atoms with E-state index >= 15 is 0 Å². The Hall–Kier alpha value is -1.02. The first-order valence-electron chi connectivity index (χ1n) is 8.25. The van der Waals surface area contributed by atoms with Crippen molar-refractivity contribution in [1.82, 2.24) is 5.32 Å². The van der Waals surface area contributed by atoms with Crippen molar-refractivity contribution < 1.29 is 0 Å². The molecule has 0 saturated heterocycles. The molecule has 2 rings (SSSR count). The summed E-state index contributed by atoms with van der Waals surface area (Å²) >= 11 is 0. The van der Waals surface area contributed by atoms with E-state index in [1.54, 1.807) is 0 Å². The number of nitrogens with zero attached hydrogens (tertiary/aromatic N) is 1. The summed E-state index contributed by atoms with van der Waals surface area (Å²) in [6, 6.07) is 9.62. The van der Waals surface area contributed by atoms with Gasteiger partial charge in [-0.15, -0.1) is 0 Å². The van der Waals surface area contributed by atoms with Crippen LogP contribution in [-0.4, -0.2) is 25.7 Å². The fraction of sp³-hybridized carbons (Fsp3) is 0.667. The number of likely N-dealkylation sites (N-methyl/N-ethyl adjacent to an activating group) is 1. The molecule has 0 spiro atoms. The molecule has 2 unspecified atom stereocenters. The topological polar surface area (TPSA) is 15.3 Å². The van der Waals surface area contributed by atoms with Gasteiger partial charge in [0, 0.05) is 31.4 Å². The molecule has 1 aromatic carbocycles. The van der Waals surface area contributed by atoms with Gasteiger partial charge in [0.25, 0.3) is 0 Å². The van der Waals surface area contributed by atoms with Crippen molar-refractivity contribution in [3.8, 4) is 0 Å². The number of rotatable bonds is 6. The Morgan fingerprint density at radius 3 is 2.50 bits per heavy atom. The van der Waals surface area contributed by atoms with Crippen LogP contribution in [0.4, 0.5) is 5.69 Å². The lowest BCUT2D eigenvalue weighted by molar-refractivity contribution is 0.283. The van der Waals surface area contributed by atoms with Crippen LogP contribution in [0.5, 0.6) is 0 Å². The Kier molecular flexibility index (Phi) is 5.90. The highest BCUT2D eigenvalue weighted by molar-refractivity contribution is 5.47. The highest BCUT2D eigenvalue weighted by Crippen LogP contribution is 2.23. The van der Waals surface area contributed by atoms with E-state index < -0.39 is 0 Å². The van der Waals surface area contributed by atoms with Gasteiger partial charge in [-0.2, -0.15) is 0 Å². The van der Waals surface area contributed by atoms with E-state index in [2.05, 4.69) is 55.3 Å². The van der Waals surface area contributed by atoms with Crippen LogP contribution in [-0.2, 0) is 0 Å². The summed E-state index contributed by atoms with van der Waals surface area (Å²) in [5, 5.41) is 3.78. The van der Waals surface area contributed by atoms with Gasteiger partial charge in [0.1, 0.15) is 0 Å². The van der Waals surface area contributed by atoms with Crippen LogP contribution < -0.4 is 10.2 Å². The van der Waals surface area contributed by atoms with Crippen LogP contribution in [0.2, 0.25) is 0 Å². The fourth-order valence-corrected chi connectivity index (χ4v) is 3.23. The van der Waals surface area contributed by atoms with Gasteiger partial charge in [-0.25, -0.2) is 0 Å². The Labute approximate surface area is 124 Å². The highest BCUT2D eigenvalue weighted by Gasteiger charge is 2.20. The maximum atomic E-state index is 3.78. The van der Waals surface area contributed by atoms with Crippen molar-refractivity contribution in [2.75, 3.05) is 24.5 Å². The SMILES string of the molecule is CCN(CCNC1CCCCC1C)c1ccc(C)cc1. The van der Waals surface area contributed by atoms with Gasteiger partial charge in [-0.3, -0.25) is 0 Å². The van der Waals surface area contributed by atoms with Gasteiger partial charge in [0.05, 0.1) is 0 Å². The molecule has 0 amide bonds. The molecule has 2 heteroatoms. The molecule has 0 aromatic heterocycles. The monoisotopic (exact) mass is 274 g/mol. The first kappa shape index (κ1) is 15.4. The van der Waals surface area contributed by atoms with Gasteiger partial charge >= 0.3 is 0 Å². The molecule has 0 heterocycles. The molecule has 112 valence electrons. The lowest BCUT2D eigenvalue weighted by atomic mass is 9.86. The summed E-state index contributed by atoms with van der Waals surface area (Å²) in [5.41, 5.74) is 2.68. The minimum atomic E-state index is 0.737. The van der Waals surface area contributed by atoms with Gasteiger partial charge in [0.15, 0.2) is 0 Å². The summed E-state index contributed by atoms with van der Waals surface area (Å²) < 4.78 is 0. The standard InChI is InChI=1S/C18H30N2/c1-4-20(17-11-9-15(2)10-12-17)14-13-19-18-8-6-5-7-16(18)3/h9-12,16,18-19H,4-8,13-14H2,1-3H3. The van der Waals surface area contributed by atoms with E-state index in [1.807, 2.05) is 0 Å². The molecule has 20 heavy (non-hydrogen) atoms. The maximum absolute atomic E-state index is 3.78. The van der Waals surface area contributed by atoms with E-state index in [0.717, 1.165) is 31.6 Å². The average molecular weight is 274 g/mol. The second-order valence-corrected chi connectivity index (χ2v) is 6.24. The predicted molar refractivity (Wildman–Crippen MR) is 88.5 cm³/mol. The van der Waals surface area contributed by atoms with E-state index in [1.165, 1.54) is 36.9 Å². The van der Waals surface area contributed by atoms with E-state index in [-0.39, 0.29) is 0 Å². The van der Waals surface area contributed by atoms with Crippen LogP contribution >= 0.6 is 0 Å². The molecule has 0 aliphatic heterocycles. The maximum Gasteiger partial charge on any atom is 0.0366 e. The molecule has 0 radical (unpaired) electrons. The smallest absolute Gasteiger partial charge is 0.0366 e. The van der Waals surface area contributed by atoms with E-state index in [9.17, 15) is 0 Å². The van der Waals surface area contributed by atoms with Crippen molar-refractivity contribution in [1.29, 1.82) is 0 Å². The molecule has 2 atom stereocenters. The van der Waals surface area contributed by atoms with Gasteiger partial charge in [-0.1, -0.05) is 37.5 Å². The van der Waals surface area contributed by atoms with E-state index in [4.69, 9.17) is 0 Å². The molecular formula is C18H30N2. The lowest BCUT2D eigenvalue weighted by Gasteiger charge is -2.31. The number of hydrogen-bond acceptors (Lipinski definition) is 2. The fourth-order valence-electron chi connectivity index (χ4n) is 3.23. The van der Waals surface area contributed by atoms with Crippen LogP contribution in [0.15, 0.2) is 24.3 Å². The molecule has 1 aliphatic carbocycles. The van der Waals surface area contributed by atoms with Gasteiger partial charge < -0.3 is 10.2 Å². The summed E-state index contributed by atoms with van der Waals surface area (Å²) in [6.07, 6.45) is 5.58. The Morgan fingerprint density at radius 1 is 1.15 bits per heavy atom. The third-order valence-electron chi connectivity index (χ3n) is 4.68. The molecular weight excluding hydrogens is 244 g/mol. The quantitative estimate of drug-likeness (QED) is 0.844. The van der Waals surface area contributed by atoms with Crippen molar-refractivity contribution in [3.63, 3.8) is 0 Å². The van der Waals surface area contributed by atoms with Crippen molar-refractivity contribution in [2.24, 2.45) is 5.92 Å². The van der Waals surface area contributed by atoms with Crippen LogP contribution in [0.3, 0.4) is 0 Å². The predicted octanol–water partition coefficient (Wildman–Crippen LogP) is 3.99. The molecule has 1 saturated carbocycles. The number of aryl methyl sites for hydroxylation is 1. The third kappa shape index (κ3) is 4.24. The van der Waals surface area contributed by atoms with Crippen LogP contribution in [0.1, 0.15) is 45.1 Å². The number of anilines is 1. The Balaban J connectivity index is 1.80. The summed E-state index contributed by atoms with van der Waals surface area (Å²) in [4.78, 5) is 2.46. The summed E-state index contributed by atoms with van der Waals surface area (Å²) in [5.74, 6) is 0.846. The lowest BCUT2D eigenvalue weighted by Crippen LogP contribution is -2.41. The largest absolute Gasteiger partial charge is 0.371 e. The van der Waals surface area contributed by atoms with Crippen molar-refractivity contribution >= 4 is 5.69 Å². The molecule has 0 bridgehead atoms. The second kappa shape index (κ2) is 7.68. The first-order valence-corrected chi connectivity index (χ1v) is 8.25. The molecule has 1 aliphatic rings. The molecule has 1 fully saturated rings. The van der Waals surface area contributed by atoms with Gasteiger partial charge in [0.2, 0.25) is 0 Å². The second-order valence-electron chi connectivity index (χ2n) is 6.24. The van der Waals surface area contributed by atoms with E-state index in [0.29, 0.717) is 0 Å². The zero-order chi connectivity index (χ0) is 14.4. The van der Waals surface area contributed by atoms with Crippen molar-refractivity contribution in [2.45, 2.75) is 52.5 Å². The minimum Gasteiger partial charge on any atom is -0.371 e. The average Bonchev–Trinajstić information content (AvgIpc) is 2.47. The minimum absolute atomic E-state index is 0.737. The zero-order valence-corrected chi connectivity index (χ0v) is 13.4. The van der Waals surface area contributed by atoms with Gasteiger partial charge in [-0.05, 0) is 44.7 Å². The van der Waals surface area contributed by atoms with Crippen LogP contribution in [0.25, 0.3) is 0 Å². The molecule has 1 aromatic rings. The number of hydrogen-bond donors (Lipinski definition) is 1. The number of nitrogens with one attached hydrogen (secondary N) is 1. The van der Waals surface area contributed by atoms with Crippen LogP contribution in [0, 0.1) is 12.8 Å². The molecule has 1 N–H and O–H groups in total. The first-order chi connectivity index (χ1) is 9.70. The Bertz CT molecular complexity index is 385. The Morgan fingerprint density at radius 2 is 1.85 bits per heavy atom.